The topological polar surface area (TPSA) is 73.8 Å². The Labute approximate surface area is 158 Å². The Bertz CT molecular complexity index is 738. The standard InChI is InChI=1S/C19H32N4O2S/c1-15(16-9-8-10-17(13-16)23-11-6-7-12-23)22-18(20-4)21-14-19(2,3)26(5,24)25/h8-10,13,15H,6-7,11-12,14H2,1-5H3,(H2,20,21,22). The summed E-state index contributed by atoms with van der Waals surface area (Å²) >= 11 is 0. The van der Waals surface area contributed by atoms with Gasteiger partial charge in [0.15, 0.2) is 15.8 Å². The fourth-order valence-electron chi connectivity index (χ4n) is 2.88. The zero-order valence-electron chi connectivity index (χ0n) is 16.5. The lowest BCUT2D eigenvalue weighted by atomic mass is 10.1. The van der Waals surface area contributed by atoms with Crippen molar-refractivity contribution in [1.82, 2.24) is 10.6 Å². The second kappa shape index (κ2) is 8.29. The largest absolute Gasteiger partial charge is 0.372 e. The first kappa shape index (κ1) is 20.6. The van der Waals surface area contributed by atoms with Crippen molar-refractivity contribution in [3.05, 3.63) is 29.8 Å². The molecule has 26 heavy (non-hydrogen) atoms. The molecule has 1 aromatic rings. The zero-order valence-corrected chi connectivity index (χ0v) is 17.4. The molecule has 1 aromatic carbocycles. The molecule has 1 aliphatic rings. The van der Waals surface area contributed by atoms with Crippen LogP contribution in [0.3, 0.4) is 0 Å². The first-order valence-electron chi connectivity index (χ1n) is 9.16. The van der Waals surface area contributed by atoms with Crippen molar-refractivity contribution >= 4 is 21.5 Å². The van der Waals surface area contributed by atoms with Crippen molar-refractivity contribution in [3.8, 4) is 0 Å². The highest BCUT2D eigenvalue weighted by atomic mass is 32.2. The number of aliphatic imine (C=N–C) groups is 1. The first-order chi connectivity index (χ1) is 12.1. The predicted molar refractivity (Wildman–Crippen MR) is 110 cm³/mol. The van der Waals surface area contributed by atoms with Gasteiger partial charge in [-0.15, -0.1) is 0 Å². The molecule has 0 amide bonds. The quantitative estimate of drug-likeness (QED) is 0.585. The van der Waals surface area contributed by atoms with Crippen molar-refractivity contribution in [2.75, 3.05) is 37.8 Å². The highest BCUT2D eigenvalue weighted by molar-refractivity contribution is 7.92. The lowest BCUT2D eigenvalue weighted by molar-refractivity contribution is 0.542. The molecule has 0 aliphatic carbocycles. The molecule has 1 saturated heterocycles. The average Bonchev–Trinajstić information content (AvgIpc) is 3.12. The van der Waals surface area contributed by atoms with Gasteiger partial charge in [-0.2, -0.15) is 0 Å². The van der Waals surface area contributed by atoms with Crippen LogP contribution in [0.25, 0.3) is 0 Å². The van der Waals surface area contributed by atoms with Crippen LogP contribution in [0.1, 0.15) is 45.2 Å². The third-order valence-corrected chi connectivity index (χ3v) is 7.26. The van der Waals surface area contributed by atoms with Gasteiger partial charge in [0, 0.05) is 38.6 Å². The Morgan fingerprint density at radius 2 is 1.96 bits per heavy atom. The van der Waals surface area contributed by atoms with Crippen molar-refractivity contribution in [1.29, 1.82) is 0 Å². The van der Waals surface area contributed by atoms with Crippen LogP contribution in [-0.2, 0) is 9.84 Å². The second-order valence-corrected chi connectivity index (χ2v) is 10.3. The first-order valence-corrected chi connectivity index (χ1v) is 11.0. The number of nitrogens with one attached hydrogen (secondary N) is 2. The van der Waals surface area contributed by atoms with Gasteiger partial charge >= 0.3 is 0 Å². The van der Waals surface area contributed by atoms with E-state index in [4.69, 9.17) is 0 Å². The van der Waals surface area contributed by atoms with Crippen molar-refractivity contribution < 1.29 is 8.42 Å². The molecule has 1 heterocycles. The average molecular weight is 381 g/mol. The molecule has 1 fully saturated rings. The molecule has 2 rings (SSSR count). The summed E-state index contributed by atoms with van der Waals surface area (Å²) in [7, 11) is -1.46. The Kier molecular flexibility index (Phi) is 6.55. The van der Waals surface area contributed by atoms with Crippen LogP contribution in [0.5, 0.6) is 0 Å². The lowest BCUT2D eigenvalue weighted by Crippen LogP contribution is -2.48. The normalized spacial score (nSPS) is 17.3. The SMILES string of the molecule is CN=C(NCC(C)(C)S(C)(=O)=O)NC(C)c1cccc(N2CCCC2)c1. The third-order valence-electron chi connectivity index (χ3n) is 5.10. The molecule has 7 heteroatoms. The zero-order chi connectivity index (χ0) is 19.4. The molecule has 6 nitrogen and oxygen atoms in total. The number of hydrogen-bond donors (Lipinski definition) is 2. The van der Waals surface area contributed by atoms with Gasteiger partial charge < -0.3 is 15.5 Å². The van der Waals surface area contributed by atoms with Crippen LogP contribution < -0.4 is 15.5 Å². The van der Waals surface area contributed by atoms with Gasteiger partial charge in [0.1, 0.15) is 0 Å². The molecule has 0 spiro atoms. The second-order valence-electron chi connectivity index (χ2n) is 7.61. The number of guanidine groups is 1. The molecule has 1 aliphatic heterocycles. The van der Waals surface area contributed by atoms with Crippen molar-refractivity contribution in [2.24, 2.45) is 4.99 Å². The Balaban J connectivity index is 2.01. The molecule has 0 aromatic heterocycles. The van der Waals surface area contributed by atoms with E-state index in [-0.39, 0.29) is 6.04 Å². The number of hydrogen-bond acceptors (Lipinski definition) is 4. The van der Waals surface area contributed by atoms with Crippen molar-refractivity contribution in [2.45, 2.75) is 44.4 Å². The molecule has 1 atom stereocenters. The summed E-state index contributed by atoms with van der Waals surface area (Å²) in [5.41, 5.74) is 2.44. The summed E-state index contributed by atoms with van der Waals surface area (Å²) in [6, 6.07) is 8.62. The van der Waals surface area contributed by atoms with Gasteiger partial charge in [-0.1, -0.05) is 12.1 Å². The van der Waals surface area contributed by atoms with Crippen molar-refractivity contribution in [3.63, 3.8) is 0 Å². The summed E-state index contributed by atoms with van der Waals surface area (Å²) in [4.78, 5) is 6.64. The molecular formula is C19H32N4O2S. The number of anilines is 1. The summed E-state index contributed by atoms with van der Waals surface area (Å²) in [5, 5.41) is 6.49. The molecule has 146 valence electrons. The molecule has 0 bridgehead atoms. The summed E-state index contributed by atoms with van der Waals surface area (Å²) < 4.78 is 22.9. The fourth-order valence-corrected chi connectivity index (χ4v) is 3.21. The van der Waals surface area contributed by atoms with E-state index >= 15 is 0 Å². The Morgan fingerprint density at radius 3 is 2.54 bits per heavy atom. The van der Waals surface area contributed by atoms with Crippen LogP contribution in [0.2, 0.25) is 0 Å². The van der Waals surface area contributed by atoms with E-state index in [1.807, 2.05) is 0 Å². The molecule has 2 N–H and O–H groups in total. The highest BCUT2D eigenvalue weighted by Gasteiger charge is 2.30. The maximum absolute atomic E-state index is 11.9. The van der Waals surface area contributed by atoms with Gasteiger partial charge in [-0.3, -0.25) is 4.99 Å². The molecule has 0 radical (unpaired) electrons. The predicted octanol–water partition coefficient (Wildman–Crippen LogP) is 2.34. The minimum Gasteiger partial charge on any atom is -0.372 e. The summed E-state index contributed by atoms with van der Waals surface area (Å²) in [5.74, 6) is 0.598. The maximum atomic E-state index is 11.9. The Morgan fingerprint density at radius 1 is 1.31 bits per heavy atom. The van der Waals surface area contributed by atoms with E-state index in [1.165, 1.54) is 30.3 Å². The number of rotatable bonds is 6. The van der Waals surface area contributed by atoms with Crippen LogP contribution in [0.15, 0.2) is 29.3 Å². The van der Waals surface area contributed by atoms with Gasteiger partial charge in [0.05, 0.1) is 10.8 Å². The van der Waals surface area contributed by atoms with Crippen LogP contribution in [0.4, 0.5) is 5.69 Å². The van der Waals surface area contributed by atoms with Gasteiger partial charge in [-0.05, 0) is 51.3 Å². The van der Waals surface area contributed by atoms with E-state index < -0.39 is 14.6 Å². The van der Waals surface area contributed by atoms with Crippen LogP contribution in [-0.4, -0.2) is 52.1 Å². The van der Waals surface area contributed by atoms with E-state index in [0.717, 1.165) is 13.1 Å². The van der Waals surface area contributed by atoms with E-state index in [9.17, 15) is 8.42 Å². The number of benzene rings is 1. The minimum absolute atomic E-state index is 0.0603. The molecule has 0 saturated carbocycles. The molecule has 1 unspecified atom stereocenters. The highest BCUT2D eigenvalue weighted by Crippen LogP contribution is 2.24. The van der Waals surface area contributed by atoms with E-state index in [2.05, 4.69) is 51.7 Å². The Hall–Kier alpha value is -1.76. The fraction of sp³-hybridized carbons (Fsp3) is 0.632. The smallest absolute Gasteiger partial charge is 0.191 e. The summed E-state index contributed by atoms with van der Waals surface area (Å²) in [6.45, 7) is 8.05. The van der Waals surface area contributed by atoms with Gasteiger partial charge in [0.2, 0.25) is 0 Å². The maximum Gasteiger partial charge on any atom is 0.191 e. The summed E-state index contributed by atoms with van der Waals surface area (Å²) in [6.07, 6.45) is 3.77. The van der Waals surface area contributed by atoms with Crippen LogP contribution >= 0.6 is 0 Å². The lowest BCUT2D eigenvalue weighted by Gasteiger charge is -2.26. The number of nitrogens with zero attached hydrogens (tertiary/aromatic N) is 2. The van der Waals surface area contributed by atoms with Gasteiger partial charge in [-0.25, -0.2) is 8.42 Å². The van der Waals surface area contributed by atoms with E-state index in [0.29, 0.717) is 12.5 Å². The van der Waals surface area contributed by atoms with Gasteiger partial charge in [0.25, 0.3) is 0 Å². The van der Waals surface area contributed by atoms with E-state index in [1.54, 1.807) is 20.9 Å². The minimum atomic E-state index is -3.15. The monoisotopic (exact) mass is 380 g/mol. The van der Waals surface area contributed by atoms with Crippen LogP contribution in [0, 0.1) is 0 Å². The molecular weight excluding hydrogens is 348 g/mol. The third kappa shape index (κ3) is 5.13. The number of sulfone groups is 1.